The molecule has 0 aromatic carbocycles. The van der Waals surface area contributed by atoms with Crippen LogP contribution in [0.2, 0.25) is 0 Å². The fourth-order valence-electron chi connectivity index (χ4n) is 1.22. The standard InChI is InChI=1S/C11H20N2O2/c1-3-5-12-8-10-7-11(15-13-10)9-14-6-4-2/h7,12H,3-6,8-9H2,1-2H3. The van der Waals surface area contributed by atoms with E-state index in [9.17, 15) is 0 Å². The second kappa shape index (κ2) is 7.43. The Kier molecular flexibility index (Phi) is 6.04. The summed E-state index contributed by atoms with van der Waals surface area (Å²) < 4.78 is 10.5. The molecule has 0 saturated carbocycles. The van der Waals surface area contributed by atoms with Gasteiger partial charge in [-0.2, -0.15) is 0 Å². The Hall–Kier alpha value is -0.870. The molecule has 1 aromatic rings. The van der Waals surface area contributed by atoms with Gasteiger partial charge in [-0.1, -0.05) is 19.0 Å². The van der Waals surface area contributed by atoms with Gasteiger partial charge in [0.1, 0.15) is 6.61 Å². The van der Waals surface area contributed by atoms with Gasteiger partial charge in [-0.3, -0.25) is 0 Å². The fourth-order valence-corrected chi connectivity index (χ4v) is 1.22. The molecular formula is C11H20N2O2. The molecule has 0 fully saturated rings. The molecule has 4 heteroatoms. The van der Waals surface area contributed by atoms with Gasteiger partial charge < -0.3 is 14.6 Å². The smallest absolute Gasteiger partial charge is 0.162 e. The Bertz CT molecular complexity index is 236. The number of aromatic nitrogens is 1. The quantitative estimate of drug-likeness (QED) is 0.670. The molecule has 1 aromatic heterocycles. The molecule has 0 aliphatic carbocycles. The van der Waals surface area contributed by atoms with Crippen molar-refractivity contribution in [3.8, 4) is 0 Å². The van der Waals surface area contributed by atoms with E-state index in [1.54, 1.807) is 0 Å². The topological polar surface area (TPSA) is 47.3 Å². The molecule has 0 unspecified atom stereocenters. The molecule has 0 saturated heterocycles. The van der Waals surface area contributed by atoms with E-state index in [0.29, 0.717) is 6.61 Å². The predicted molar refractivity (Wildman–Crippen MR) is 58.4 cm³/mol. The zero-order valence-electron chi connectivity index (χ0n) is 9.58. The van der Waals surface area contributed by atoms with E-state index in [1.807, 2.05) is 6.07 Å². The summed E-state index contributed by atoms with van der Waals surface area (Å²) in [4.78, 5) is 0. The van der Waals surface area contributed by atoms with Crippen LogP contribution < -0.4 is 5.32 Å². The van der Waals surface area contributed by atoms with E-state index in [4.69, 9.17) is 9.26 Å². The molecule has 0 radical (unpaired) electrons. The van der Waals surface area contributed by atoms with Gasteiger partial charge in [0, 0.05) is 19.2 Å². The molecule has 4 nitrogen and oxygen atoms in total. The van der Waals surface area contributed by atoms with Crippen LogP contribution in [0, 0.1) is 0 Å². The van der Waals surface area contributed by atoms with E-state index in [1.165, 1.54) is 0 Å². The number of nitrogens with zero attached hydrogens (tertiary/aromatic N) is 1. The Morgan fingerprint density at radius 2 is 2.27 bits per heavy atom. The lowest BCUT2D eigenvalue weighted by Crippen LogP contribution is -2.13. The molecule has 0 atom stereocenters. The lowest BCUT2D eigenvalue weighted by atomic mass is 10.3. The van der Waals surface area contributed by atoms with Crippen molar-refractivity contribution in [2.24, 2.45) is 0 Å². The maximum absolute atomic E-state index is 5.35. The van der Waals surface area contributed by atoms with E-state index >= 15 is 0 Å². The molecule has 0 spiro atoms. The maximum Gasteiger partial charge on any atom is 0.162 e. The highest BCUT2D eigenvalue weighted by Gasteiger charge is 2.03. The summed E-state index contributed by atoms with van der Waals surface area (Å²) >= 11 is 0. The first-order valence-electron chi connectivity index (χ1n) is 5.59. The minimum atomic E-state index is 0.522. The Morgan fingerprint density at radius 3 is 3.00 bits per heavy atom. The number of hydrogen-bond donors (Lipinski definition) is 1. The van der Waals surface area contributed by atoms with Crippen LogP contribution in [0.15, 0.2) is 10.6 Å². The second-order valence-corrected chi connectivity index (χ2v) is 3.51. The molecule has 1 heterocycles. The third-order valence-corrected chi connectivity index (χ3v) is 1.93. The van der Waals surface area contributed by atoms with Crippen LogP contribution in [0.4, 0.5) is 0 Å². The molecule has 0 bridgehead atoms. The van der Waals surface area contributed by atoms with Crippen LogP contribution in [0.25, 0.3) is 0 Å². The summed E-state index contributed by atoms with van der Waals surface area (Å²) in [6.07, 6.45) is 2.16. The number of hydrogen-bond acceptors (Lipinski definition) is 4. The van der Waals surface area contributed by atoms with Gasteiger partial charge in [0.15, 0.2) is 5.76 Å². The summed E-state index contributed by atoms with van der Waals surface area (Å²) in [5.41, 5.74) is 0.943. The average molecular weight is 212 g/mol. The molecule has 86 valence electrons. The van der Waals surface area contributed by atoms with E-state index < -0.39 is 0 Å². The average Bonchev–Trinajstić information content (AvgIpc) is 2.67. The van der Waals surface area contributed by atoms with Crippen molar-refractivity contribution in [1.29, 1.82) is 0 Å². The van der Waals surface area contributed by atoms with Gasteiger partial charge in [0.05, 0.1) is 5.69 Å². The van der Waals surface area contributed by atoms with Crippen LogP contribution in [-0.4, -0.2) is 18.3 Å². The molecule has 15 heavy (non-hydrogen) atoms. The van der Waals surface area contributed by atoms with Gasteiger partial charge >= 0.3 is 0 Å². The largest absolute Gasteiger partial charge is 0.373 e. The van der Waals surface area contributed by atoms with E-state index in [0.717, 1.165) is 44.0 Å². The summed E-state index contributed by atoms with van der Waals surface area (Å²) in [5, 5.41) is 7.22. The predicted octanol–water partition coefficient (Wildman–Crippen LogP) is 2.10. The first-order chi connectivity index (χ1) is 7.36. The Labute approximate surface area is 91.0 Å². The van der Waals surface area contributed by atoms with Gasteiger partial charge in [-0.25, -0.2) is 0 Å². The third kappa shape index (κ3) is 4.95. The fraction of sp³-hybridized carbons (Fsp3) is 0.727. The van der Waals surface area contributed by atoms with Gasteiger partial charge in [0.25, 0.3) is 0 Å². The molecule has 0 amide bonds. The van der Waals surface area contributed by atoms with Crippen molar-refractivity contribution >= 4 is 0 Å². The SMILES string of the molecule is CCCNCc1cc(COCCC)on1. The van der Waals surface area contributed by atoms with Crippen LogP contribution in [0.5, 0.6) is 0 Å². The Morgan fingerprint density at radius 1 is 1.40 bits per heavy atom. The minimum absolute atomic E-state index is 0.522. The highest BCUT2D eigenvalue weighted by atomic mass is 16.5. The van der Waals surface area contributed by atoms with Gasteiger partial charge in [-0.15, -0.1) is 0 Å². The van der Waals surface area contributed by atoms with Crippen molar-refractivity contribution < 1.29 is 9.26 Å². The number of nitrogens with one attached hydrogen (secondary N) is 1. The first kappa shape index (κ1) is 12.2. The van der Waals surface area contributed by atoms with Crippen LogP contribution in [0.3, 0.4) is 0 Å². The molecule has 1 N–H and O–H groups in total. The van der Waals surface area contributed by atoms with Crippen molar-refractivity contribution in [2.75, 3.05) is 13.2 Å². The Balaban J connectivity index is 2.23. The van der Waals surface area contributed by atoms with E-state index in [-0.39, 0.29) is 0 Å². The van der Waals surface area contributed by atoms with Crippen LogP contribution in [-0.2, 0) is 17.9 Å². The zero-order chi connectivity index (χ0) is 10.9. The van der Waals surface area contributed by atoms with Crippen LogP contribution >= 0.6 is 0 Å². The van der Waals surface area contributed by atoms with Crippen molar-refractivity contribution in [1.82, 2.24) is 10.5 Å². The third-order valence-electron chi connectivity index (χ3n) is 1.93. The van der Waals surface area contributed by atoms with Gasteiger partial charge in [-0.05, 0) is 19.4 Å². The lowest BCUT2D eigenvalue weighted by molar-refractivity contribution is 0.102. The van der Waals surface area contributed by atoms with Crippen molar-refractivity contribution in [3.05, 3.63) is 17.5 Å². The molecular weight excluding hydrogens is 192 g/mol. The van der Waals surface area contributed by atoms with Crippen molar-refractivity contribution in [2.45, 2.75) is 39.8 Å². The highest BCUT2D eigenvalue weighted by molar-refractivity contribution is 5.04. The number of ether oxygens (including phenoxy) is 1. The minimum Gasteiger partial charge on any atom is -0.373 e. The first-order valence-corrected chi connectivity index (χ1v) is 5.59. The molecule has 0 aliphatic rings. The van der Waals surface area contributed by atoms with Crippen LogP contribution in [0.1, 0.15) is 38.1 Å². The summed E-state index contributed by atoms with van der Waals surface area (Å²) in [6, 6.07) is 1.94. The normalized spacial score (nSPS) is 10.8. The molecule has 1 rings (SSSR count). The lowest BCUT2D eigenvalue weighted by Gasteiger charge is -1.97. The van der Waals surface area contributed by atoms with Gasteiger partial charge in [0.2, 0.25) is 0 Å². The van der Waals surface area contributed by atoms with Crippen molar-refractivity contribution in [3.63, 3.8) is 0 Å². The summed E-state index contributed by atoms with van der Waals surface area (Å²) in [7, 11) is 0. The maximum atomic E-state index is 5.35. The molecule has 0 aliphatic heterocycles. The van der Waals surface area contributed by atoms with E-state index in [2.05, 4.69) is 24.3 Å². The monoisotopic (exact) mass is 212 g/mol. The second-order valence-electron chi connectivity index (χ2n) is 3.51. The zero-order valence-corrected chi connectivity index (χ0v) is 9.58. The summed E-state index contributed by atoms with van der Waals surface area (Å²) in [6.45, 7) is 7.29. The highest BCUT2D eigenvalue weighted by Crippen LogP contribution is 2.05. The summed E-state index contributed by atoms with van der Waals surface area (Å²) in [5.74, 6) is 0.803. The number of rotatable bonds is 8.